The van der Waals surface area contributed by atoms with Gasteiger partial charge in [-0.05, 0) is 24.6 Å². The summed E-state index contributed by atoms with van der Waals surface area (Å²) in [6.07, 6.45) is 0.769. The summed E-state index contributed by atoms with van der Waals surface area (Å²) in [5.41, 5.74) is 6.64. The van der Waals surface area contributed by atoms with Gasteiger partial charge in [0.2, 0.25) is 5.91 Å². The first-order valence-electron chi connectivity index (χ1n) is 6.59. The van der Waals surface area contributed by atoms with Crippen LogP contribution in [-0.4, -0.2) is 47.8 Å². The second kappa shape index (κ2) is 6.13. The molecule has 1 fully saturated rings. The van der Waals surface area contributed by atoms with Crippen LogP contribution >= 0.6 is 11.6 Å². The Morgan fingerprint density at radius 2 is 1.80 bits per heavy atom. The van der Waals surface area contributed by atoms with E-state index in [0.29, 0.717) is 42.5 Å². The predicted molar refractivity (Wildman–Crippen MR) is 78.6 cm³/mol. The Labute approximate surface area is 123 Å². The van der Waals surface area contributed by atoms with Crippen LogP contribution in [0.2, 0.25) is 5.02 Å². The fraction of sp³-hybridized carbons (Fsp3) is 0.429. The first-order chi connectivity index (χ1) is 9.49. The zero-order valence-corrected chi connectivity index (χ0v) is 12.2. The van der Waals surface area contributed by atoms with E-state index < -0.39 is 0 Å². The predicted octanol–water partition coefficient (Wildman–Crippen LogP) is 1.62. The van der Waals surface area contributed by atoms with Gasteiger partial charge in [0.15, 0.2) is 0 Å². The molecule has 2 N–H and O–H groups in total. The summed E-state index contributed by atoms with van der Waals surface area (Å²) in [5.74, 6) is -0.0889. The lowest BCUT2D eigenvalue weighted by Gasteiger charge is -2.22. The van der Waals surface area contributed by atoms with Crippen LogP contribution in [0.1, 0.15) is 23.7 Å². The monoisotopic (exact) mass is 295 g/mol. The summed E-state index contributed by atoms with van der Waals surface area (Å²) >= 11 is 6.06. The molecule has 1 aromatic rings. The topological polar surface area (TPSA) is 66.6 Å². The molecule has 1 aromatic carbocycles. The number of rotatable bonds is 1. The number of hydrogen-bond donors (Lipinski definition) is 1. The number of amides is 2. The van der Waals surface area contributed by atoms with E-state index in [1.807, 2.05) is 0 Å². The highest BCUT2D eigenvalue weighted by atomic mass is 35.5. The molecule has 6 heteroatoms. The molecule has 1 aliphatic heterocycles. The van der Waals surface area contributed by atoms with Gasteiger partial charge in [0.05, 0.1) is 10.6 Å². The van der Waals surface area contributed by atoms with E-state index in [-0.39, 0.29) is 11.8 Å². The van der Waals surface area contributed by atoms with Crippen molar-refractivity contribution in [2.75, 3.05) is 31.9 Å². The van der Waals surface area contributed by atoms with E-state index in [1.165, 1.54) is 0 Å². The third kappa shape index (κ3) is 3.22. The van der Waals surface area contributed by atoms with E-state index in [9.17, 15) is 9.59 Å². The van der Waals surface area contributed by atoms with E-state index in [2.05, 4.69) is 0 Å². The zero-order chi connectivity index (χ0) is 14.7. The van der Waals surface area contributed by atoms with Crippen molar-refractivity contribution in [3.63, 3.8) is 0 Å². The molecular weight excluding hydrogens is 278 g/mol. The molecule has 1 saturated heterocycles. The van der Waals surface area contributed by atoms with Crippen LogP contribution in [-0.2, 0) is 4.79 Å². The van der Waals surface area contributed by atoms with Crippen molar-refractivity contribution in [3.05, 3.63) is 28.8 Å². The van der Waals surface area contributed by atoms with Gasteiger partial charge < -0.3 is 15.5 Å². The molecule has 1 aliphatic rings. The van der Waals surface area contributed by atoms with E-state index in [4.69, 9.17) is 17.3 Å². The number of carbonyl (C=O) groups excluding carboxylic acids is 2. The third-order valence-corrected chi connectivity index (χ3v) is 3.78. The fourth-order valence-corrected chi connectivity index (χ4v) is 2.51. The lowest BCUT2D eigenvalue weighted by molar-refractivity contribution is -0.128. The molecule has 0 unspecified atom stereocenters. The minimum atomic E-state index is -0.132. The van der Waals surface area contributed by atoms with Gasteiger partial charge >= 0.3 is 0 Å². The highest BCUT2D eigenvalue weighted by molar-refractivity contribution is 6.34. The molecule has 0 aromatic heterocycles. The molecular formula is C14H18ClN3O2. The molecule has 1 heterocycles. The van der Waals surface area contributed by atoms with Gasteiger partial charge in [0.25, 0.3) is 5.91 Å². The first kappa shape index (κ1) is 14.7. The second-order valence-corrected chi connectivity index (χ2v) is 5.30. The number of nitrogen functional groups attached to an aromatic ring is 1. The standard InChI is InChI=1S/C14H18ClN3O2/c1-10(19)17-5-2-6-18(8-7-17)14(20)12-9-11(16)3-4-13(12)15/h3-4,9H,2,5-8,16H2,1H3. The Morgan fingerprint density at radius 1 is 1.15 bits per heavy atom. The number of halogens is 1. The van der Waals surface area contributed by atoms with E-state index >= 15 is 0 Å². The van der Waals surface area contributed by atoms with Crippen molar-refractivity contribution in [2.45, 2.75) is 13.3 Å². The van der Waals surface area contributed by atoms with Crippen molar-refractivity contribution in [2.24, 2.45) is 0 Å². The fourth-order valence-electron chi connectivity index (χ4n) is 2.31. The molecule has 0 bridgehead atoms. The minimum Gasteiger partial charge on any atom is -0.399 e. The van der Waals surface area contributed by atoms with Crippen LogP contribution < -0.4 is 5.73 Å². The average Bonchev–Trinajstić information content (AvgIpc) is 2.66. The number of anilines is 1. The van der Waals surface area contributed by atoms with Crippen molar-refractivity contribution in [1.29, 1.82) is 0 Å². The smallest absolute Gasteiger partial charge is 0.255 e. The Hall–Kier alpha value is -1.75. The SMILES string of the molecule is CC(=O)N1CCCN(C(=O)c2cc(N)ccc2Cl)CC1. The number of nitrogens with zero attached hydrogens (tertiary/aromatic N) is 2. The normalized spacial score (nSPS) is 15.9. The largest absolute Gasteiger partial charge is 0.399 e. The lowest BCUT2D eigenvalue weighted by atomic mass is 10.1. The summed E-state index contributed by atoms with van der Waals surface area (Å²) in [6, 6.07) is 4.89. The maximum absolute atomic E-state index is 12.5. The molecule has 0 saturated carbocycles. The van der Waals surface area contributed by atoms with Crippen LogP contribution in [0.25, 0.3) is 0 Å². The van der Waals surface area contributed by atoms with Crippen LogP contribution in [0.3, 0.4) is 0 Å². The van der Waals surface area contributed by atoms with Crippen molar-refractivity contribution in [1.82, 2.24) is 9.80 Å². The molecule has 0 atom stereocenters. The highest BCUT2D eigenvalue weighted by Crippen LogP contribution is 2.21. The van der Waals surface area contributed by atoms with Gasteiger partial charge in [-0.1, -0.05) is 11.6 Å². The lowest BCUT2D eigenvalue weighted by Crippen LogP contribution is -2.36. The average molecular weight is 296 g/mol. The molecule has 5 nitrogen and oxygen atoms in total. The Balaban J connectivity index is 2.13. The van der Waals surface area contributed by atoms with Gasteiger partial charge in [-0.3, -0.25) is 9.59 Å². The minimum absolute atomic E-state index is 0.0429. The van der Waals surface area contributed by atoms with Crippen LogP contribution in [0.4, 0.5) is 5.69 Å². The highest BCUT2D eigenvalue weighted by Gasteiger charge is 2.22. The molecule has 108 valence electrons. The summed E-state index contributed by atoms with van der Waals surface area (Å²) < 4.78 is 0. The van der Waals surface area contributed by atoms with Gasteiger partial charge in [-0.15, -0.1) is 0 Å². The van der Waals surface area contributed by atoms with E-state index in [0.717, 1.165) is 6.42 Å². The summed E-state index contributed by atoms with van der Waals surface area (Å²) in [6.45, 7) is 3.92. The van der Waals surface area contributed by atoms with Crippen molar-refractivity contribution in [3.8, 4) is 0 Å². The number of benzene rings is 1. The Morgan fingerprint density at radius 3 is 2.50 bits per heavy atom. The quantitative estimate of drug-likeness (QED) is 0.801. The summed E-state index contributed by atoms with van der Waals surface area (Å²) in [7, 11) is 0. The van der Waals surface area contributed by atoms with Gasteiger partial charge in [-0.25, -0.2) is 0 Å². The number of hydrogen-bond acceptors (Lipinski definition) is 3. The maximum Gasteiger partial charge on any atom is 0.255 e. The third-order valence-electron chi connectivity index (χ3n) is 3.45. The molecule has 20 heavy (non-hydrogen) atoms. The summed E-state index contributed by atoms with van der Waals surface area (Å²) in [4.78, 5) is 27.4. The van der Waals surface area contributed by atoms with Crippen LogP contribution in [0.15, 0.2) is 18.2 Å². The van der Waals surface area contributed by atoms with Gasteiger partial charge in [0, 0.05) is 38.8 Å². The van der Waals surface area contributed by atoms with E-state index in [1.54, 1.807) is 34.9 Å². The molecule has 0 aliphatic carbocycles. The molecule has 2 amide bonds. The number of nitrogens with two attached hydrogens (primary N) is 1. The van der Waals surface area contributed by atoms with Crippen molar-refractivity contribution < 1.29 is 9.59 Å². The Kier molecular flexibility index (Phi) is 4.49. The van der Waals surface area contributed by atoms with Gasteiger partial charge in [-0.2, -0.15) is 0 Å². The Bertz CT molecular complexity index is 533. The van der Waals surface area contributed by atoms with Crippen LogP contribution in [0.5, 0.6) is 0 Å². The number of carbonyl (C=O) groups is 2. The molecule has 2 rings (SSSR count). The summed E-state index contributed by atoms with van der Waals surface area (Å²) in [5, 5.41) is 0.400. The second-order valence-electron chi connectivity index (χ2n) is 4.89. The van der Waals surface area contributed by atoms with Gasteiger partial charge in [0.1, 0.15) is 0 Å². The zero-order valence-electron chi connectivity index (χ0n) is 11.4. The van der Waals surface area contributed by atoms with Crippen molar-refractivity contribution >= 4 is 29.1 Å². The molecule has 0 spiro atoms. The molecule has 0 radical (unpaired) electrons. The van der Waals surface area contributed by atoms with Crippen LogP contribution in [0, 0.1) is 0 Å². The maximum atomic E-state index is 12.5. The first-order valence-corrected chi connectivity index (χ1v) is 6.96.